The van der Waals surface area contributed by atoms with Gasteiger partial charge in [0.1, 0.15) is 0 Å². The quantitative estimate of drug-likeness (QED) is 0.223. The summed E-state index contributed by atoms with van der Waals surface area (Å²) >= 11 is 1.46. The van der Waals surface area contributed by atoms with E-state index in [-0.39, 0.29) is 24.8 Å². The summed E-state index contributed by atoms with van der Waals surface area (Å²) in [5.74, 6) is 0.573. The van der Waals surface area contributed by atoms with Crippen LogP contribution < -0.4 is 24.8 Å². The van der Waals surface area contributed by atoms with Crippen LogP contribution in [0.4, 0.5) is 0 Å². The summed E-state index contributed by atoms with van der Waals surface area (Å²) in [4.78, 5) is 0. The Labute approximate surface area is 291 Å². The molecule has 0 nitrogen and oxygen atoms in total. The summed E-state index contributed by atoms with van der Waals surface area (Å²) in [6.45, 7) is 16.6. The fraction of sp³-hybridized carbons (Fsp3) is 0.171. The molecule has 0 spiro atoms. The Balaban J connectivity index is 0.000000231. The number of allylic oxidation sites excluding steroid dienone is 4. The number of benzene rings is 4. The van der Waals surface area contributed by atoms with Gasteiger partial charge in [0.15, 0.2) is 0 Å². The molecular formula is C41H40Cl2Zr-2. The average Bonchev–Trinajstić information content (AvgIpc) is 3.67. The molecule has 0 saturated carbocycles. The second-order valence-electron chi connectivity index (χ2n) is 11.6. The molecule has 1 unspecified atom stereocenters. The van der Waals surface area contributed by atoms with E-state index in [0.717, 1.165) is 11.1 Å². The molecule has 0 aromatic heterocycles. The first-order valence-corrected chi connectivity index (χ1v) is 15.9. The second kappa shape index (κ2) is 17.5. The van der Waals surface area contributed by atoms with E-state index in [4.69, 9.17) is 0 Å². The van der Waals surface area contributed by atoms with Crippen LogP contribution in [0.2, 0.25) is 0 Å². The molecule has 1 aliphatic rings. The average molecular weight is 695 g/mol. The van der Waals surface area contributed by atoms with Gasteiger partial charge in [-0.15, -0.1) is 39.7 Å². The van der Waals surface area contributed by atoms with Gasteiger partial charge in [0.25, 0.3) is 0 Å². The summed E-state index contributed by atoms with van der Waals surface area (Å²) in [6, 6.07) is 36.2. The summed E-state index contributed by atoms with van der Waals surface area (Å²) in [5.41, 5.74) is 6.72. The molecule has 6 rings (SSSR count). The van der Waals surface area contributed by atoms with Crippen LogP contribution in [0, 0.1) is 17.4 Å². The first-order valence-electron chi connectivity index (χ1n) is 14.6. The van der Waals surface area contributed by atoms with Crippen molar-refractivity contribution in [3.05, 3.63) is 162 Å². The van der Waals surface area contributed by atoms with Crippen molar-refractivity contribution in [3.8, 4) is 0 Å². The van der Waals surface area contributed by atoms with Gasteiger partial charge in [-0.3, -0.25) is 6.08 Å². The van der Waals surface area contributed by atoms with Crippen molar-refractivity contribution in [2.45, 2.75) is 34.1 Å². The third kappa shape index (κ3) is 9.77. The summed E-state index contributed by atoms with van der Waals surface area (Å²) < 4.78 is 1.42. The third-order valence-electron chi connectivity index (χ3n) is 7.49. The van der Waals surface area contributed by atoms with Crippen molar-refractivity contribution in [2.75, 3.05) is 0 Å². The Bertz CT molecular complexity index is 1630. The van der Waals surface area contributed by atoms with Crippen LogP contribution in [0.3, 0.4) is 0 Å². The van der Waals surface area contributed by atoms with Crippen LogP contribution in [0.5, 0.6) is 0 Å². The molecule has 5 aromatic carbocycles. The van der Waals surface area contributed by atoms with E-state index in [1.54, 1.807) is 0 Å². The maximum atomic E-state index is 3.82. The Kier molecular flexibility index (Phi) is 14.8. The van der Waals surface area contributed by atoms with Gasteiger partial charge in [-0.25, -0.2) is 6.08 Å². The molecule has 44 heavy (non-hydrogen) atoms. The number of hydrogen-bond acceptors (Lipinski definition) is 0. The van der Waals surface area contributed by atoms with Gasteiger partial charge in [-0.2, -0.15) is 11.6 Å². The van der Waals surface area contributed by atoms with Crippen LogP contribution in [-0.4, -0.2) is 3.21 Å². The van der Waals surface area contributed by atoms with Crippen LogP contribution >= 0.6 is 0 Å². The Morgan fingerprint density at radius 3 is 1.57 bits per heavy atom. The van der Waals surface area contributed by atoms with E-state index < -0.39 is 0 Å². The van der Waals surface area contributed by atoms with Crippen molar-refractivity contribution in [3.63, 3.8) is 0 Å². The minimum absolute atomic E-state index is 0. The fourth-order valence-corrected chi connectivity index (χ4v) is 5.70. The normalized spacial score (nSPS) is 13.3. The first-order chi connectivity index (χ1) is 20.2. The molecule has 224 valence electrons. The molecule has 3 heteroatoms. The molecule has 0 bridgehead atoms. The van der Waals surface area contributed by atoms with Crippen LogP contribution in [0.15, 0.2) is 134 Å². The monoisotopic (exact) mass is 692 g/mol. The van der Waals surface area contributed by atoms with Gasteiger partial charge in [0, 0.05) is 0 Å². The number of rotatable bonds is 5. The second-order valence-corrected chi connectivity index (χ2v) is 12.8. The van der Waals surface area contributed by atoms with Crippen molar-refractivity contribution in [1.29, 1.82) is 0 Å². The standard InChI is InChI=1S/C17H13.C13H10.C11H17.2ClH.Zr/c1-3-12-5-7-14-11-15-8-6-13(4-2)10-17(15)16(14)9-12;1-3-7-12(8-4-1)11-13-9-5-2-6-10-13;1-5-9-6-7-10(8-9)11(2,3)4;;;/h3-11H,1-2H2;1-10H;7-9H,5H2,1-4H3;2*1H;/q-1;;-1;;;+2/p-2. The van der Waals surface area contributed by atoms with Crippen LogP contribution in [-0.2, 0) is 24.2 Å². The molecular weight excluding hydrogens is 655 g/mol. The van der Waals surface area contributed by atoms with Crippen molar-refractivity contribution < 1.29 is 49.0 Å². The van der Waals surface area contributed by atoms with E-state index in [1.165, 1.54) is 72.1 Å². The minimum atomic E-state index is 0. The summed E-state index contributed by atoms with van der Waals surface area (Å²) in [7, 11) is 0. The van der Waals surface area contributed by atoms with Crippen LogP contribution in [0.1, 0.15) is 56.4 Å². The Morgan fingerprint density at radius 1 is 0.773 bits per heavy atom. The van der Waals surface area contributed by atoms with Gasteiger partial charge in [-0.05, 0) is 11.1 Å². The predicted octanol–water partition coefficient (Wildman–Crippen LogP) is 5.17. The Morgan fingerprint density at radius 2 is 1.23 bits per heavy atom. The molecule has 0 aliphatic heterocycles. The SMILES string of the molecule is C=Cc1ccc2[cH-]c3ccc(C=C)cc3c2c1.CCC1[C-]=CC(C(C)(C)C)=C1.[Cl-].[Cl-].[Zr+2]=[C](c1ccccc1)c1ccccc1. The third-order valence-corrected chi connectivity index (χ3v) is 8.91. The van der Waals surface area contributed by atoms with E-state index in [1.807, 2.05) is 12.2 Å². The van der Waals surface area contributed by atoms with Crippen molar-refractivity contribution >= 4 is 36.9 Å². The number of fused-ring (bicyclic) bond motifs is 3. The molecule has 0 fully saturated rings. The van der Waals surface area contributed by atoms with Crippen molar-refractivity contribution in [2.24, 2.45) is 11.3 Å². The molecule has 5 aromatic rings. The molecule has 1 atom stereocenters. The van der Waals surface area contributed by atoms with Gasteiger partial charge < -0.3 is 24.8 Å². The van der Waals surface area contributed by atoms with Crippen LogP contribution in [0.25, 0.3) is 33.7 Å². The fourth-order valence-electron chi connectivity index (χ4n) is 4.88. The van der Waals surface area contributed by atoms with E-state index in [0.29, 0.717) is 11.3 Å². The van der Waals surface area contributed by atoms with Gasteiger partial charge in [0.05, 0.1) is 0 Å². The van der Waals surface area contributed by atoms with Gasteiger partial charge >= 0.3 is 99.2 Å². The van der Waals surface area contributed by atoms with E-state index in [2.05, 4.69) is 162 Å². The molecule has 0 heterocycles. The van der Waals surface area contributed by atoms with Crippen molar-refractivity contribution in [1.82, 2.24) is 0 Å². The zero-order valence-corrected chi connectivity index (χ0v) is 30.0. The topological polar surface area (TPSA) is 0 Å². The maximum absolute atomic E-state index is 3.82. The zero-order valence-electron chi connectivity index (χ0n) is 26.1. The van der Waals surface area contributed by atoms with E-state index >= 15 is 0 Å². The molecule has 0 radical (unpaired) electrons. The molecule has 0 amide bonds. The van der Waals surface area contributed by atoms with Gasteiger partial charge in [-0.1, -0.05) is 95.0 Å². The number of halogens is 2. The number of hydrogen-bond donors (Lipinski definition) is 0. The summed E-state index contributed by atoms with van der Waals surface area (Å²) in [6.07, 6.45) is 12.8. The molecule has 0 N–H and O–H groups in total. The first kappa shape index (κ1) is 37.2. The predicted molar refractivity (Wildman–Crippen MR) is 182 cm³/mol. The summed E-state index contributed by atoms with van der Waals surface area (Å²) in [5, 5.41) is 5.15. The molecule has 0 saturated heterocycles. The zero-order chi connectivity index (χ0) is 30.1. The van der Waals surface area contributed by atoms with E-state index in [9.17, 15) is 0 Å². The molecule has 1 aliphatic carbocycles. The van der Waals surface area contributed by atoms with Gasteiger partial charge in [0.2, 0.25) is 0 Å². The Hall–Kier alpha value is -2.96.